The van der Waals surface area contributed by atoms with Crippen LogP contribution >= 0.6 is 0 Å². The fraction of sp³-hybridized carbons (Fsp3) is 0.217. The van der Waals surface area contributed by atoms with Crippen molar-refractivity contribution < 1.29 is 14.1 Å². The summed E-state index contributed by atoms with van der Waals surface area (Å²) in [6.45, 7) is 1.49. The second-order valence-electron chi connectivity index (χ2n) is 7.39. The highest BCUT2D eigenvalue weighted by Gasteiger charge is 2.28. The van der Waals surface area contributed by atoms with Gasteiger partial charge in [0.15, 0.2) is 0 Å². The fourth-order valence-electron chi connectivity index (χ4n) is 3.65. The number of para-hydroxylation sites is 1. The second-order valence-corrected chi connectivity index (χ2v) is 7.39. The van der Waals surface area contributed by atoms with Crippen molar-refractivity contribution >= 4 is 5.91 Å². The van der Waals surface area contributed by atoms with Crippen molar-refractivity contribution in [2.24, 2.45) is 0 Å². The van der Waals surface area contributed by atoms with Crippen molar-refractivity contribution in [3.8, 4) is 28.6 Å². The van der Waals surface area contributed by atoms with Crippen LogP contribution in [0.15, 0.2) is 77.8 Å². The molecule has 156 valence electrons. The molecule has 2 aromatic heterocycles. The Hall–Kier alpha value is -3.94. The monoisotopic (exact) mass is 415 g/mol. The summed E-state index contributed by atoms with van der Waals surface area (Å²) in [5.74, 6) is 1.66. The summed E-state index contributed by atoms with van der Waals surface area (Å²) in [5, 5.41) is 4.10. The first-order valence-corrected chi connectivity index (χ1v) is 10.1. The molecule has 8 nitrogen and oxygen atoms in total. The largest absolute Gasteiger partial charge is 0.488 e. The molecule has 0 radical (unpaired) electrons. The molecule has 4 aromatic rings. The number of aromatic nitrogens is 4. The summed E-state index contributed by atoms with van der Waals surface area (Å²) in [4.78, 5) is 22.9. The first-order valence-electron chi connectivity index (χ1n) is 10.1. The molecule has 1 saturated heterocycles. The molecule has 31 heavy (non-hydrogen) atoms. The van der Waals surface area contributed by atoms with E-state index in [1.165, 1.54) is 0 Å². The quantitative estimate of drug-likeness (QED) is 0.480. The van der Waals surface area contributed by atoms with Crippen molar-refractivity contribution in [2.75, 3.05) is 13.1 Å². The number of carbonyl (C=O) groups excluding carboxylic acids is 1. The van der Waals surface area contributed by atoms with E-state index in [9.17, 15) is 4.79 Å². The van der Waals surface area contributed by atoms with Crippen LogP contribution in [-0.4, -0.2) is 49.7 Å². The lowest BCUT2D eigenvalue weighted by atomic mass is 10.2. The van der Waals surface area contributed by atoms with E-state index in [2.05, 4.69) is 15.1 Å². The number of likely N-dealkylation sites (tertiary alicyclic amines) is 1. The van der Waals surface area contributed by atoms with Gasteiger partial charge >= 0.3 is 0 Å². The maximum atomic E-state index is 12.5. The molecule has 3 heterocycles. The molecule has 0 aliphatic carbocycles. The highest BCUT2D eigenvalue weighted by molar-refractivity contribution is 5.76. The molecule has 0 N–H and O–H groups in total. The molecule has 0 saturated carbocycles. The van der Waals surface area contributed by atoms with Crippen molar-refractivity contribution in [2.45, 2.75) is 19.1 Å². The smallest absolute Gasteiger partial charge is 0.262 e. The van der Waals surface area contributed by atoms with E-state index in [0.29, 0.717) is 30.6 Å². The summed E-state index contributed by atoms with van der Waals surface area (Å²) in [6, 6.07) is 17.3. The van der Waals surface area contributed by atoms with E-state index in [-0.39, 0.29) is 18.6 Å². The van der Waals surface area contributed by atoms with Crippen LogP contribution in [0, 0.1) is 0 Å². The van der Waals surface area contributed by atoms with Crippen LogP contribution < -0.4 is 4.74 Å². The molecule has 1 amide bonds. The Morgan fingerprint density at radius 2 is 1.97 bits per heavy atom. The van der Waals surface area contributed by atoms with Crippen LogP contribution in [0.3, 0.4) is 0 Å². The Kier molecular flexibility index (Phi) is 5.18. The SMILES string of the molecule is O=C(Cn1ccnc1)N1CCC(Oc2ccccc2-c2nc(-c3ccccc3)no2)C1. The standard InChI is InChI=1S/C23H21N5O3/c29-21(15-27-13-11-24-16-27)28-12-10-18(14-28)30-20-9-5-4-8-19(20)23-25-22(26-31-23)17-6-2-1-3-7-17/h1-9,11,13,16,18H,10,12,14-15H2. The average molecular weight is 415 g/mol. The predicted octanol–water partition coefficient (Wildman–Crippen LogP) is 3.28. The molecule has 8 heteroatoms. The summed E-state index contributed by atoms with van der Waals surface area (Å²) < 4.78 is 13.5. The Bertz CT molecular complexity index is 1160. The van der Waals surface area contributed by atoms with Gasteiger partial charge < -0.3 is 18.7 Å². The van der Waals surface area contributed by atoms with Crippen LogP contribution in [0.2, 0.25) is 0 Å². The fourth-order valence-corrected chi connectivity index (χ4v) is 3.65. The molecule has 0 bridgehead atoms. The number of nitrogens with zero attached hydrogens (tertiary/aromatic N) is 5. The summed E-state index contributed by atoms with van der Waals surface area (Å²) in [7, 11) is 0. The van der Waals surface area contributed by atoms with Gasteiger partial charge in [0.2, 0.25) is 11.7 Å². The van der Waals surface area contributed by atoms with Gasteiger partial charge in [-0.15, -0.1) is 0 Å². The zero-order chi connectivity index (χ0) is 21.0. The van der Waals surface area contributed by atoms with Gasteiger partial charge in [0.25, 0.3) is 5.89 Å². The third-order valence-corrected chi connectivity index (χ3v) is 5.24. The number of amides is 1. The second kappa shape index (κ2) is 8.43. The number of carbonyl (C=O) groups is 1. The number of rotatable bonds is 6. The molecule has 1 fully saturated rings. The van der Waals surface area contributed by atoms with Crippen LogP contribution in [0.25, 0.3) is 22.8 Å². The van der Waals surface area contributed by atoms with Gasteiger partial charge in [0.1, 0.15) is 18.4 Å². The van der Waals surface area contributed by atoms with Crippen molar-refractivity contribution in [1.29, 1.82) is 0 Å². The van der Waals surface area contributed by atoms with Crippen LogP contribution in [0.5, 0.6) is 5.75 Å². The van der Waals surface area contributed by atoms with E-state index < -0.39 is 0 Å². The molecule has 2 aromatic carbocycles. The zero-order valence-electron chi connectivity index (χ0n) is 16.8. The first-order chi connectivity index (χ1) is 15.3. The van der Waals surface area contributed by atoms with Crippen molar-refractivity contribution in [3.63, 3.8) is 0 Å². The minimum absolute atomic E-state index is 0.0572. The van der Waals surface area contributed by atoms with E-state index in [1.807, 2.05) is 59.5 Å². The highest BCUT2D eigenvalue weighted by Crippen LogP contribution is 2.32. The van der Waals surface area contributed by atoms with E-state index in [1.54, 1.807) is 23.3 Å². The summed E-state index contributed by atoms with van der Waals surface area (Å²) in [6.07, 6.45) is 5.77. The van der Waals surface area contributed by atoms with E-state index >= 15 is 0 Å². The van der Waals surface area contributed by atoms with Crippen LogP contribution in [0.4, 0.5) is 0 Å². The number of benzene rings is 2. The van der Waals surface area contributed by atoms with Gasteiger partial charge in [-0.3, -0.25) is 4.79 Å². The Labute approximate surface area is 179 Å². The van der Waals surface area contributed by atoms with Gasteiger partial charge in [-0.1, -0.05) is 47.6 Å². The average Bonchev–Trinajstić information content (AvgIpc) is 3.57. The van der Waals surface area contributed by atoms with Gasteiger partial charge in [0.05, 0.1) is 18.4 Å². The zero-order valence-corrected chi connectivity index (χ0v) is 16.8. The molecule has 0 spiro atoms. The van der Waals surface area contributed by atoms with E-state index in [0.717, 1.165) is 17.5 Å². The maximum Gasteiger partial charge on any atom is 0.262 e. The van der Waals surface area contributed by atoms with Crippen LogP contribution in [-0.2, 0) is 11.3 Å². The Morgan fingerprint density at radius 1 is 1.13 bits per heavy atom. The number of imidazole rings is 1. The molecule has 1 aliphatic rings. The van der Waals surface area contributed by atoms with Gasteiger partial charge in [0, 0.05) is 30.9 Å². The number of hydrogen-bond donors (Lipinski definition) is 0. The van der Waals surface area contributed by atoms with Crippen molar-refractivity contribution in [3.05, 3.63) is 73.3 Å². The Balaban J connectivity index is 1.28. The van der Waals surface area contributed by atoms with Gasteiger partial charge in [-0.2, -0.15) is 4.98 Å². The first kappa shape index (κ1) is 19.0. The van der Waals surface area contributed by atoms with Gasteiger partial charge in [-0.25, -0.2) is 4.98 Å². The molecule has 1 atom stereocenters. The minimum Gasteiger partial charge on any atom is -0.488 e. The third-order valence-electron chi connectivity index (χ3n) is 5.24. The van der Waals surface area contributed by atoms with Crippen molar-refractivity contribution in [1.82, 2.24) is 24.6 Å². The summed E-state index contributed by atoms with van der Waals surface area (Å²) in [5.41, 5.74) is 1.62. The molecule has 5 rings (SSSR count). The normalized spacial score (nSPS) is 15.9. The summed E-state index contributed by atoms with van der Waals surface area (Å²) >= 11 is 0. The predicted molar refractivity (Wildman–Crippen MR) is 113 cm³/mol. The molecule has 1 aliphatic heterocycles. The van der Waals surface area contributed by atoms with Crippen LogP contribution in [0.1, 0.15) is 6.42 Å². The lowest BCUT2D eigenvalue weighted by Gasteiger charge is -2.18. The van der Waals surface area contributed by atoms with Gasteiger partial charge in [-0.05, 0) is 12.1 Å². The maximum absolute atomic E-state index is 12.5. The molecule has 1 unspecified atom stereocenters. The Morgan fingerprint density at radius 3 is 2.81 bits per heavy atom. The topological polar surface area (TPSA) is 86.3 Å². The number of hydrogen-bond acceptors (Lipinski definition) is 6. The number of ether oxygens (including phenoxy) is 1. The molecular weight excluding hydrogens is 394 g/mol. The molecular formula is C23H21N5O3. The lowest BCUT2D eigenvalue weighted by molar-refractivity contribution is -0.131. The third kappa shape index (κ3) is 4.18. The lowest BCUT2D eigenvalue weighted by Crippen LogP contribution is -2.33. The minimum atomic E-state index is -0.0931. The van der Waals surface area contributed by atoms with E-state index in [4.69, 9.17) is 9.26 Å². The highest BCUT2D eigenvalue weighted by atomic mass is 16.5.